The summed E-state index contributed by atoms with van der Waals surface area (Å²) >= 11 is 0. The molecule has 1 aromatic heterocycles. The fourth-order valence-electron chi connectivity index (χ4n) is 2.40. The van der Waals surface area contributed by atoms with Gasteiger partial charge >= 0.3 is 11.4 Å². The van der Waals surface area contributed by atoms with Gasteiger partial charge in [-0.05, 0) is 31.9 Å². The van der Waals surface area contributed by atoms with Gasteiger partial charge in [-0.1, -0.05) is 24.3 Å². The summed E-state index contributed by atoms with van der Waals surface area (Å²) in [7, 11) is 0. The van der Waals surface area contributed by atoms with Gasteiger partial charge in [-0.25, -0.2) is 22.9 Å². The monoisotopic (exact) mass is 354 g/mol. The zero-order valence-corrected chi connectivity index (χ0v) is 14.0. The van der Waals surface area contributed by atoms with Crippen molar-refractivity contribution in [3.05, 3.63) is 56.4 Å². The second-order valence-corrected chi connectivity index (χ2v) is 5.94. The van der Waals surface area contributed by atoms with Gasteiger partial charge in [0.2, 0.25) is 5.95 Å². The van der Waals surface area contributed by atoms with Gasteiger partial charge in [-0.3, -0.25) is 4.98 Å². The van der Waals surface area contributed by atoms with Crippen molar-refractivity contribution in [2.24, 2.45) is 0 Å². The fraction of sp³-hybridized carbons (Fsp3) is 0.438. The van der Waals surface area contributed by atoms with Crippen LogP contribution in [0.4, 0.5) is 14.7 Å². The number of benzene rings is 1. The molecule has 0 aliphatic carbocycles. The Hall–Kier alpha value is -2.55. The maximum Gasteiger partial charge on any atom is 0.355 e. The lowest BCUT2D eigenvalue weighted by molar-refractivity contribution is 0.124. The lowest BCUT2D eigenvalue weighted by Gasteiger charge is -2.20. The van der Waals surface area contributed by atoms with Crippen LogP contribution in [0.15, 0.2) is 33.9 Å². The standard InChI is InChI=1S/C16H20F2N4O3/c1-8(2)22-15(24)20-14(21-16(22)25)19-12(13(17)18)11-6-4-5-10(7-11)9(3)23/h4-9,12-13,23H,1-3H3,(H2,19,20,21,24,25)/t9-,12+/m0/s1. The van der Waals surface area contributed by atoms with Gasteiger partial charge in [0.25, 0.3) is 6.43 Å². The maximum atomic E-state index is 13.5. The second-order valence-electron chi connectivity index (χ2n) is 5.94. The number of aliphatic hydroxyl groups is 1. The Balaban J connectivity index is 2.39. The molecule has 2 aromatic rings. The van der Waals surface area contributed by atoms with Crippen LogP contribution in [-0.2, 0) is 0 Å². The highest BCUT2D eigenvalue weighted by atomic mass is 19.3. The van der Waals surface area contributed by atoms with Crippen LogP contribution in [0.25, 0.3) is 0 Å². The van der Waals surface area contributed by atoms with E-state index >= 15 is 0 Å². The summed E-state index contributed by atoms with van der Waals surface area (Å²) in [6.45, 7) is 4.79. The van der Waals surface area contributed by atoms with Crippen LogP contribution < -0.4 is 16.7 Å². The van der Waals surface area contributed by atoms with E-state index in [-0.39, 0.29) is 11.5 Å². The van der Waals surface area contributed by atoms with Crippen molar-refractivity contribution < 1.29 is 13.9 Å². The number of anilines is 1. The number of aromatic amines is 1. The molecular weight excluding hydrogens is 334 g/mol. The molecule has 1 heterocycles. The van der Waals surface area contributed by atoms with Gasteiger partial charge in [0.15, 0.2) is 0 Å². The van der Waals surface area contributed by atoms with Crippen molar-refractivity contribution in [3.63, 3.8) is 0 Å². The molecule has 0 aliphatic heterocycles. The molecule has 0 bridgehead atoms. The average Bonchev–Trinajstić information content (AvgIpc) is 2.51. The smallest absolute Gasteiger partial charge is 0.355 e. The zero-order valence-electron chi connectivity index (χ0n) is 14.0. The molecule has 25 heavy (non-hydrogen) atoms. The molecule has 0 amide bonds. The molecule has 9 heteroatoms. The number of nitrogens with zero attached hydrogens (tertiary/aromatic N) is 2. The molecule has 2 atom stereocenters. The van der Waals surface area contributed by atoms with E-state index < -0.39 is 36.0 Å². The summed E-state index contributed by atoms with van der Waals surface area (Å²) in [4.78, 5) is 29.8. The van der Waals surface area contributed by atoms with Gasteiger partial charge < -0.3 is 10.4 Å². The third-order valence-electron chi connectivity index (χ3n) is 3.67. The first-order chi connectivity index (χ1) is 11.7. The number of hydrogen-bond donors (Lipinski definition) is 3. The molecule has 0 saturated carbocycles. The highest BCUT2D eigenvalue weighted by Gasteiger charge is 2.24. The van der Waals surface area contributed by atoms with E-state index in [1.54, 1.807) is 26.0 Å². The normalized spacial score (nSPS) is 13.9. The molecule has 7 nitrogen and oxygen atoms in total. The molecule has 1 aromatic carbocycles. The number of aromatic nitrogens is 3. The van der Waals surface area contributed by atoms with Crippen LogP contribution >= 0.6 is 0 Å². The van der Waals surface area contributed by atoms with Crippen molar-refractivity contribution in [1.29, 1.82) is 0 Å². The minimum atomic E-state index is -2.83. The molecule has 0 unspecified atom stereocenters. The fourth-order valence-corrected chi connectivity index (χ4v) is 2.40. The minimum Gasteiger partial charge on any atom is -0.389 e. The van der Waals surface area contributed by atoms with E-state index in [1.807, 2.05) is 0 Å². The highest BCUT2D eigenvalue weighted by Crippen LogP contribution is 2.26. The Kier molecular flexibility index (Phi) is 5.68. The van der Waals surface area contributed by atoms with Crippen molar-refractivity contribution >= 4 is 5.95 Å². The van der Waals surface area contributed by atoms with Gasteiger partial charge in [0.1, 0.15) is 6.04 Å². The summed E-state index contributed by atoms with van der Waals surface area (Å²) < 4.78 is 27.9. The number of nitrogens with one attached hydrogen (secondary N) is 2. The number of rotatable bonds is 6. The van der Waals surface area contributed by atoms with E-state index in [0.29, 0.717) is 5.56 Å². The summed E-state index contributed by atoms with van der Waals surface area (Å²) in [6.07, 6.45) is -3.65. The van der Waals surface area contributed by atoms with E-state index in [4.69, 9.17) is 0 Å². The molecule has 3 N–H and O–H groups in total. The van der Waals surface area contributed by atoms with Crippen LogP contribution in [0.1, 0.15) is 50.1 Å². The molecule has 2 rings (SSSR count). The third kappa shape index (κ3) is 4.30. The first kappa shape index (κ1) is 18.8. The summed E-state index contributed by atoms with van der Waals surface area (Å²) in [5, 5.41) is 12.0. The predicted molar refractivity (Wildman–Crippen MR) is 88.9 cm³/mol. The summed E-state index contributed by atoms with van der Waals surface area (Å²) in [5.74, 6) is -0.334. The number of alkyl halides is 2. The Morgan fingerprint density at radius 1 is 1.20 bits per heavy atom. The number of hydrogen-bond acceptors (Lipinski definition) is 5. The van der Waals surface area contributed by atoms with E-state index in [1.165, 1.54) is 19.1 Å². The maximum absolute atomic E-state index is 13.5. The summed E-state index contributed by atoms with van der Waals surface area (Å²) in [6, 6.07) is 4.13. The number of aliphatic hydroxyl groups excluding tert-OH is 1. The van der Waals surface area contributed by atoms with Crippen molar-refractivity contribution in [2.45, 2.75) is 45.4 Å². The van der Waals surface area contributed by atoms with Crippen molar-refractivity contribution in [2.75, 3.05) is 5.32 Å². The average molecular weight is 354 g/mol. The van der Waals surface area contributed by atoms with Crippen LogP contribution in [0.3, 0.4) is 0 Å². The zero-order chi connectivity index (χ0) is 18.7. The largest absolute Gasteiger partial charge is 0.389 e. The second kappa shape index (κ2) is 7.56. The van der Waals surface area contributed by atoms with E-state index in [0.717, 1.165) is 4.57 Å². The van der Waals surface area contributed by atoms with Crippen LogP contribution in [0.5, 0.6) is 0 Å². The quantitative estimate of drug-likeness (QED) is 0.737. The van der Waals surface area contributed by atoms with Gasteiger partial charge in [0.05, 0.1) is 6.10 Å². The first-order valence-electron chi connectivity index (χ1n) is 7.76. The van der Waals surface area contributed by atoms with Gasteiger partial charge in [0, 0.05) is 6.04 Å². The Morgan fingerprint density at radius 3 is 2.36 bits per heavy atom. The van der Waals surface area contributed by atoms with E-state index in [9.17, 15) is 23.5 Å². The molecule has 0 radical (unpaired) electrons. The Bertz CT molecular complexity index is 815. The van der Waals surface area contributed by atoms with Gasteiger partial charge in [-0.2, -0.15) is 4.98 Å². The third-order valence-corrected chi connectivity index (χ3v) is 3.67. The molecule has 136 valence electrons. The minimum absolute atomic E-state index is 0.198. The topological polar surface area (TPSA) is 100 Å². The molecule has 0 spiro atoms. The Morgan fingerprint density at radius 2 is 1.84 bits per heavy atom. The van der Waals surface area contributed by atoms with Crippen molar-refractivity contribution in [3.8, 4) is 0 Å². The molecule has 0 aliphatic rings. The highest BCUT2D eigenvalue weighted by molar-refractivity contribution is 5.34. The van der Waals surface area contributed by atoms with Crippen LogP contribution in [0.2, 0.25) is 0 Å². The van der Waals surface area contributed by atoms with Crippen molar-refractivity contribution in [1.82, 2.24) is 14.5 Å². The number of halogens is 2. The lowest BCUT2D eigenvalue weighted by Crippen LogP contribution is -2.39. The predicted octanol–water partition coefficient (Wildman–Crippen LogP) is 1.98. The lowest BCUT2D eigenvalue weighted by atomic mass is 10.0. The Labute approximate surface area is 142 Å². The van der Waals surface area contributed by atoms with Gasteiger partial charge in [-0.15, -0.1) is 0 Å². The molecular formula is C16H20F2N4O3. The van der Waals surface area contributed by atoms with E-state index in [2.05, 4.69) is 15.3 Å². The molecule has 0 fully saturated rings. The SMILES string of the molecule is CC(C)n1c(=O)nc(N[C@H](c2cccc([C@H](C)O)c2)C(F)F)[nH]c1=O. The van der Waals surface area contributed by atoms with Crippen LogP contribution in [-0.4, -0.2) is 26.1 Å². The first-order valence-corrected chi connectivity index (χ1v) is 7.76. The number of H-pyrrole nitrogens is 1. The molecule has 0 saturated heterocycles. The summed E-state index contributed by atoms with van der Waals surface area (Å²) in [5.41, 5.74) is -0.888. The van der Waals surface area contributed by atoms with Crippen LogP contribution in [0, 0.1) is 0 Å².